The fourth-order valence-electron chi connectivity index (χ4n) is 2.25. The Kier molecular flexibility index (Phi) is 5.28. The molecule has 0 fully saturated rings. The molecule has 0 atom stereocenters. The largest absolute Gasteiger partial charge is 0.495 e. The summed E-state index contributed by atoms with van der Waals surface area (Å²) in [6.07, 6.45) is 1.36. The first kappa shape index (κ1) is 17.6. The van der Waals surface area contributed by atoms with Crippen LogP contribution in [0.1, 0.15) is 0 Å². The van der Waals surface area contributed by atoms with Crippen molar-refractivity contribution < 1.29 is 14.2 Å². The third-order valence-electron chi connectivity index (χ3n) is 3.53. The highest BCUT2D eigenvalue weighted by Crippen LogP contribution is 2.39. The normalized spacial score (nSPS) is 10.3. The summed E-state index contributed by atoms with van der Waals surface area (Å²) in [7, 11) is 3.07. The molecule has 2 aromatic carbocycles. The molecule has 134 valence electrons. The molecule has 3 rings (SSSR count). The van der Waals surface area contributed by atoms with Gasteiger partial charge in [0.25, 0.3) is 0 Å². The summed E-state index contributed by atoms with van der Waals surface area (Å²) in [6, 6.07) is 12.6. The van der Waals surface area contributed by atoms with Gasteiger partial charge in [0.2, 0.25) is 5.88 Å². The molecule has 1 heterocycles. The molecule has 26 heavy (non-hydrogen) atoms. The number of methoxy groups -OCH3 is 2. The smallest absolute Gasteiger partial charge is 0.248 e. The molecule has 0 aliphatic carbocycles. The van der Waals surface area contributed by atoms with Gasteiger partial charge in [0.1, 0.15) is 29.3 Å². The average molecular weight is 373 g/mol. The molecule has 0 spiro atoms. The van der Waals surface area contributed by atoms with Gasteiger partial charge < -0.3 is 25.3 Å². The molecule has 0 aliphatic rings. The van der Waals surface area contributed by atoms with Crippen molar-refractivity contribution in [3.63, 3.8) is 0 Å². The molecule has 0 saturated carbocycles. The number of nitrogens with two attached hydrogens (primary N) is 1. The van der Waals surface area contributed by atoms with Crippen LogP contribution in [0.2, 0.25) is 5.02 Å². The van der Waals surface area contributed by atoms with Crippen molar-refractivity contribution >= 4 is 28.8 Å². The van der Waals surface area contributed by atoms with E-state index < -0.39 is 0 Å². The summed E-state index contributed by atoms with van der Waals surface area (Å²) >= 11 is 6.19. The summed E-state index contributed by atoms with van der Waals surface area (Å²) in [5.74, 6) is 2.25. The van der Waals surface area contributed by atoms with Gasteiger partial charge in [0.15, 0.2) is 5.82 Å². The van der Waals surface area contributed by atoms with E-state index in [9.17, 15) is 0 Å². The van der Waals surface area contributed by atoms with Crippen LogP contribution in [-0.2, 0) is 0 Å². The number of hydrogen-bond acceptors (Lipinski definition) is 7. The average Bonchev–Trinajstić information content (AvgIpc) is 2.66. The van der Waals surface area contributed by atoms with Crippen LogP contribution in [0.4, 0.5) is 17.2 Å². The maximum Gasteiger partial charge on any atom is 0.248 e. The van der Waals surface area contributed by atoms with Crippen LogP contribution in [0.15, 0.2) is 48.8 Å². The van der Waals surface area contributed by atoms with Crippen LogP contribution < -0.4 is 25.3 Å². The number of rotatable bonds is 6. The summed E-state index contributed by atoms with van der Waals surface area (Å²) < 4.78 is 16.3. The zero-order chi connectivity index (χ0) is 18.5. The highest BCUT2D eigenvalue weighted by molar-refractivity contribution is 6.32. The van der Waals surface area contributed by atoms with E-state index in [0.717, 1.165) is 0 Å². The predicted octanol–water partition coefficient (Wildman–Crippen LogP) is 4.27. The molecule has 1 aromatic heterocycles. The third kappa shape index (κ3) is 3.73. The second-order valence-electron chi connectivity index (χ2n) is 5.17. The zero-order valence-electron chi connectivity index (χ0n) is 14.2. The van der Waals surface area contributed by atoms with E-state index in [1.54, 1.807) is 31.4 Å². The lowest BCUT2D eigenvalue weighted by atomic mass is 10.2. The van der Waals surface area contributed by atoms with Gasteiger partial charge >= 0.3 is 0 Å². The molecule has 0 aliphatic heterocycles. The second kappa shape index (κ2) is 7.79. The van der Waals surface area contributed by atoms with Crippen molar-refractivity contribution in [2.45, 2.75) is 0 Å². The van der Waals surface area contributed by atoms with Gasteiger partial charge in [0.05, 0.1) is 24.9 Å². The van der Waals surface area contributed by atoms with Crippen molar-refractivity contribution in [2.75, 3.05) is 25.3 Å². The minimum absolute atomic E-state index is 0.243. The molecular weight excluding hydrogens is 356 g/mol. The van der Waals surface area contributed by atoms with Gasteiger partial charge in [-0.05, 0) is 18.2 Å². The summed E-state index contributed by atoms with van der Waals surface area (Å²) in [5.41, 5.74) is 6.99. The van der Waals surface area contributed by atoms with Crippen LogP contribution in [0.3, 0.4) is 0 Å². The van der Waals surface area contributed by atoms with Gasteiger partial charge in [-0.25, -0.2) is 4.98 Å². The standard InChI is InChI=1S/C18H17ClN4O3/c1-24-14-9-15(25-2)13(8-12(14)19)23-17-16(20)18(22-10-21-17)26-11-6-4-3-5-7-11/h3-10H,20H2,1-2H3,(H,21,22,23). The highest BCUT2D eigenvalue weighted by Gasteiger charge is 2.15. The lowest BCUT2D eigenvalue weighted by Gasteiger charge is -2.15. The molecule has 0 amide bonds. The maximum absolute atomic E-state index is 6.19. The van der Waals surface area contributed by atoms with E-state index in [1.165, 1.54) is 13.4 Å². The Balaban J connectivity index is 1.91. The first-order chi connectivity index (χ1) is 12.6. The number of halogens is 1. The number of para-hydroxylation sites is 1. The number of nitrogen functional groups attached to an aromatic ring is 1. The van der Waals surface area contributed by atoms with E-state index in [4.69, 9.17) is 31.5 Å². The molecule has 0 unspecified atom stereocenters. The van der Waals surface area contributed by atoms with Gasteiger partial charge in [-0.1, -0.05) is 29.8 Å². The number of hydrogen-bond donors (Lipinski definition) is 2. The van der Waals surface area contributed by atoms with E-state index in [1.807, 2.05) is 18.2 Å². The Morgan fingerprint density at radius 2 is 1.73 bits per heavy atom. The first-order valence-electron chi connectivity index (χ1n) is 7.64. The van der Waals surface area contributed by atoms with Crippen molar-refractivity contribution in [1.82, 2.24) is 9.97 Å². The lowest BCUT2D eigenvalue weighted by Crippen LogP contribution is -2.04. The van der Waals surface area contributed by atoms with Gasteiger partial charge in [-0.15, -0.1) is 0 Å². The summed E-state index contributed by atoms with van der Waals surface area (Å²) in [5, 5.41) is 3.51. The molecule has 0 saturated heterocycles. The third-order valence-corrected chi connectivity index (χ3v) is 3.83. The molecule has 7 nitrogen and oxygen atoms in total. The van der Waals surface area contributed by atoms with E-state index >= 15 is 0 Å². The monoisotopic (exact) mass is 372 g/mol. The van der Waals surface area contributed by atoms with Crippen molar-refractivity contribution in [2.24, 2.45) is 0 Å². The maximum atomic E-state index is 6.19. The number of nitrogens with one attached hydrogen (secondary N) is 1. The zero-order valence-corrected chi connectivity index (χ0v) is 14.9. The number of nitrogens with zero attached hydrogens (tertiary/aromatic N) is 2. The Labute approximate surface area is 155 Å². The quantitative estimate of drug-likeness (QED) is 0.667. The van der Waals surface area contributed by atoms with Gasteiger partial charge in [0, 0.05) is 6.07 Å². The van der Waals surface area contributed by atoms with Gasteiger partial charge in [-0.2, -0.15) is 4.98 Å². The van der Waals surface area contributed by atoms with E-state index in [-0.39, 0.29) is 11.6 Å². The van der Waals surface area contributed by atoms with Crippen molar-refractivity contribution in [3.05, 3.63) is 53.8 Å². The molecule has 8 heteroatoms. The Morgan fingerprint density at radius 3 is 2.42 bits per heavy atom. The SMILES string of the molecule is COc1cc(OC)c(Nc2ncnc(Oc3ccccc3)c2N)cc1Cl. The van der Waals surface area contributed by atoms with E-state index in [0.29, 0.717) is 33.8 Å². The Morgan fingerprint density at radius 1 is 1.00 bits per heavy atom. The van der Waals surface area contributed by atoms with Crippen LogP contribution in [0.25, 0.3) is 0 Å². The van der Waals surface area contributed by atoms with Crippen molar-refractivity contribution in [3.8, 4) is 23.1 Å². The van der Waals surface area contributed by atoms with Crippen LogP contribution in [0.5, 0.6) is 23.1 Å². The fourth-order valence-corrected chi connectivity index (χ4v) is 2.49. The molecule has 0 radical (unpaired) electrons. The minimum Gasteiger partial charge on any atom is -0.495 e. The topological polar surface area (TPSA) is 91.5 Å². The van der Waals surface area contributed by atoms with Crippen LogP contribution in [0, 0.1) is 0 Å². The highest BCUT2D eigenvalue weighted by atomic mass is 35.5. The van der Waals surface area contributed by atoms with E-state index in [2.05, 4.69) is 15.3 Å². The number of ether oxygens (including phenoxy) is 3. The minimum atomic E-state index is 0.243. The molecule has 3 aromatic rings. The summed E-state index contributed by atoms with van der Waals surface area (Å²) in [4.78, 5) is 8.25. The molecule has 3 N–H and O–H groups in total. The van der Waals surface area contributed by atoms with Gasteiger partial charge in [-0.3, -0.25) is 0 Å². The Hall–Kier alpha value is -3.19. The first-order valence-corrected chi connectivity index (χ1v) is 8.02. The second-order valence-corrected chi connectivity index (χ2v) is 5.58. The Bertz CT molecular complexity index is 906. The molecular formula is C18H17ClN4O3. The number of aromatic nitrogens is 2. The van der Waals surface area contributed by atoms with Crippen LogP contribution >= 0.6 is 11.6 Å². The lowest BCUT2D eigenvalue weighted by molar-refractivity contribution is 0.396. The molecule has 0 bridgehead atoms. The number of anilines is 3. The van der Waals surface area contributed by atoms with Crippen molar-refractivity contribution in [1.29, 1.82) is 0 Å². The predicted molar refractivity (Wildman–Crippen MR) is 101 cm³/mol. The fraction of sp³-hybridized carbons (Fsp3) is 0.111. The number of benzene rings is 2. The van der Waals surface area contributed by atoms with Crippen LogP contribution in [-0.4, -0.2) is 24.2 Å². The summed E-state index contributed by atoms with van der Waals surface area (Å²) in [6.45, 7) is 0.